The van der Waals surface area contributed by atoms with Crippen LogP contribution < -0.4 is 5.73 Å². The lowest BCUT2D eigenvalue weighted by atomic mass is 10.0. The average Bonchev–Trinajstić information content (AvgIpc) is 2.66. The molecule has 0 radical (unpaired) electrons. The van der Waals surface area contributed by atoms with Crippen molar-refractivity contribution in [2.24, 2.45) is 11.7 Å². The molecule has 1 unspecified atom stereocenters. The highest BCUT2D eigenvalue weighted by atomic mass is 15.2. The maximum atomic E-state index is 6.07. The van der Waals surface area contributed by atoms with E-state index in [0.29, 0.717) is 6.04 Å². The van der Waals surface area contributed by atoms with Crippen molar-refractivity contribution < 1.29 is 0 Å². The molecule has 0 aromatic carbocycles. The summed E-state index contributed by atoms with van der Waals surface area (Å²) in [6, 6.07) is 0.668. The molecule has 1 rings (SSSR count). The van der Waals surface area contributed by atoms with Crippen LogP contribution in [-0.4, -0.2) is 30.1 Å². The van der Waals surface area contributed by atoms with Crippen molar-refractivity contribution in [1.82, 2.24) is 4.90 Å². The van der Waals surface area contributed by atoms with Crippen LogP contribution in [0.1, 0.15) is 40.0 Å². The Kier molecular flexibility index (Phi) is 3.36. The van der Waals surface area contributed by atoms with Crippen LogP contribution in [0.3, 0.4) is 0 Å². The topological polar surface area (TPSA) is 29.3 Å². The Bertz CT molecular complexity index is 161. The van der Waals surface area contributed by atoms with Gasteiger partial charge < -0.3 is 10.6 Å². The van der Waals surface area contributed by atoms with Crippen molar-refractivity contribution in [3.8, 4) is 0 Å². The van der Waals surface area contributed by atoms with Crippen LogP contribution >= 0.6 is 0 Å². The van der Waals surface area contributed by atoms with Gasteiger partial charge in [-0.15, -0.1) is 0 Å². The van der Waals surface area contributed by atoms with Gasteiger partial charge in [-0.05, 0) is 39.2 Å². The molecule has 78 valence electrons. The normalized spacial score (nSPS) is 22.4. The van der Waals surface area contributed by atoms with Gasteiger partial charge in [-0.1, -0.05) is 13.8 Å². The van der Waals surface area contributed by atoms with E-state index in [1.165, 1.54) is 19.3 Å². The van der Waals surface area contributed by atoms with Gasteiger partial charge in [-0.2, -0.15) is 0 Å². The SMILES string of the molecule is CC(C)CC(C)N(C)CC1(N)CC1. The molecule has 13 heavy (non-hydrogen) atoms. The Morgan fingerprint density at radius 1 is 1.31 bits per heavy atom. The van der Waals surface area contributed by atoms with E-state index in [1.807, 2.05) is 0 Å². The van der Waals surface area contributed by atoms with E-state index in [0.717, 1.165) is 12.5 Å². The first-order chi connectivity index (χ1) is 5.93. The van der Waals surface area contributed by atoms with Crippen molar-refractivity contribution in [3.05, 3.63) is 0 Å². The van der Waals surface area contributed by atoms with Crippen LogP contribution in [0.25, 0.3) is 0 Å². The van der Waals surface area contributed by atoms with Crippen LogP contribution in [0.5, 0.6) is 0 Å². The largest absolute Gasteiger partial charge is 0.324 e. The van der Waals surface area contributed by atoms with Crippen LogP contribution in [0.15, 0.2) is 0 Å². The molecule has 0 aliphatic heterocycles. The van der Waals surface area contributed by atoms with E-state index < -0.39 is 0 Å². The van der Waals surface area contributed by atoms with Crippen LogP contribution in [0.2, 0.25) is 0 Å². The van der Waals surface area contributed by atoms with Gasteiger partial charge in [0.1, 0.15) is 0 Å². The molecule has 1 fully saturated rings. The molecule has 2 heteroatoms. The Morgan fingerprint density at radius 2 is 1.85 bits per heavy atom. The number of nitrogens with two attached hydrogens (primary N) is 1. The molecule has 2 N–H and O–H groups in total. The molecule has 0 bridgehead atoms. The van der Waals surface area contributed by atoms with Crippen molar-refractivity contribution >= 4 is 0 Å². The summed E-state index contributed by atoms with van der Waals surface area (Å²) < 4.78 is 0. The van der Waals surface area contributed by atoms with Crippen molar-refractivity contribution in [2.45, 2.75) is 51.6 Å². The summed E-state index contributed by atoms with van der Waals surface area (Å²) in [5.41, 5.74) is 6.24. The van der Waals surface area contributed by atoms with Gasteiger partial charge in [-0.25, -0.2) is 0 Å². The molecule has 1 saturated carbocycles. The average molecular weight is 184 g/mol. The zero-order valence-electron chi connectivity index (χ0n) is 9.51. The van der Waals surface area contributed by atoms with Gasteiger partial charge in [0.15, 0.2) is 0 Å². The fourth-order valence-corrected chi connectivity index (χ4v) is 1.83. The molecule has 1 atom stereocenters. The summed E-state index contributed by atoms with van der Waals surface area (Å²) in [5.74, 6) is 0.783. The molecule has 0 saturated heterocycles. The van der Waals surface area contributed by atoms with E-state index in [-0.39, 0.29) is 5.54 Å². The quantitative estimate of drug-likeness (QED) is 0.706. The van der Waals surface area contributed by atoms with E-state index in [9.17, 15) is 0 Å². The zero-order chi connectivity index (χ0) is 10.1. The minimum absolute atomic E-state index is 0.167. The molecular weight excluding hydrogens is 160 g/mol. The van der Waals surface area contributed by atoms with E-state index in [1.54, 1.807) is 0 Å². The maximum Gasteiger partial charge on any atom is 0.0284 e. The number of nitrogens with zero attached hydrogens (tertiary/aromatic N) is 1. The molecule has 0 aromatic rings. The highest BCUT2D eigenvalue weighted by Crippen LogP contribution is 2.33. The van der Waals surface area contributed by atoms with Gasteiger partial charge in [0.2, 0.25) is 0 Å². The maximum absolute atomic E-state index is 6.07. The minimum Gasteiger partial charge on any atom is -0.324 e. The second-order valence-corrected chi connectivity index (χ2v) is 5.26. The second kappa shape index (κ2) is 3.97. The Hall–Kier alpha value is -0.0800. The van der Waals surface area contributed by atoms with Gasteiger partial charge in [0.25, 0.3) is 0 Å². The van der Waals surface area contributed by atoms with E-state index in [2.05, 4.69) is 32.7 Å². The van der Waals surface area contributed by atoms with Gasteiger partial charge >= 0.3 is 0 Å². The van der Waals surface area contributed by atoms with Crippen molar-refractivity contribution in [2.75, 3.05) is 13.6 Å². The Balaban J connectivity index is 2.25. The molecule has 2 nitrogen and oxygen atoms in total. The highest BCUT2D eigenvalue weighted by molar-refractivity contribution is 5.01. The highest BCUT2D eigenvalue weighted by Gasteiger charge is 2.39. The van der Waals surface area contributed by atoms with Gasteiger partial charge in [0, 0.05) is 18.1 Å². The van der Waals surface area contributed by atoms with E-state index in [4.69, 9.17) is 5.73 Å². The third kappa shape index (κ3) is 3.65. The minimum atomic E-state index is 0.167. The summed E-state index contributed by atoms with van der Waals surface area (Å²) in [6.07, 6.45) is 3.70. The molecule has 1 aliphatic carbocycles. The lowest BCUT2D eigenvalue weighted by Gasteiger charge is -2.28. The molecule has 0 heterocycles. The molecule has 0 spiro atoms. The number of hydrogen-bond acceptors (Lipinski definition) is 2. The van der Waals surface area contributed by atoms with Crippen LogP contribution in [0, 0.1) is 5.92 Å². The summed E-state index contributed by atoms with van der Waals surface area (Å²) in [7, 11) is 2.19. The predicted octanol–water partition coefficient (Wildman–Crippen LogP) is 1.84. The third-order valence-electron chi connectivity index (χ3n) is 3.02. The predicted molar refractivity (Wildman–Crippen MR) is 57.7 cm³/mol. The number of hydrogen-bond donors (Lipinski definition) is 1. The van der Waals surface area contributed by atoms with Gasteiger partial charge in [0.05, 0.1) is 0 Å². The number of rotatable bonds is 5. The standard InChI is InChI=1S/C11H24N2/c1-9(2)7-10(3)13(4)8-11(12)5-6-11/h9-10H,5-8,12H2,1-4H3. The van der Waals surface area contributed by atoms with Crippen molar-refractivity contribution in [1.29, 1.82) is 0 Å². The summed E-state index contributed by atoms with van der Waals surface area (Å²) in [6.45, 7) is 7.92. The second-order valence-electron chi connectivity index (χ2n) is 5.26. The Labute approximate surface area is 82.5 Å². The first kappa shape index (κ1) is 11.0. The molecule has 0 aromatic heterocycles. The smallest absolute Gasteiger partial charge is 0.0284 e. The van der Waals surface area contributed by atoms with E-state index >= 15 is 0 Å². The van der Waals surface area contributed by atoms with Crippen LogP contribution in [-0.2, 0) is 0 Å². The summed E-state index contributed by atoms with van der Waals surface area (Å²) in [4.78, 5) is 2.41. The van der Waals surface area contributed by atoms with Gasteiger partial charge in [-0.3, -0.25) is 0 Å². The third-order valence-corrected chi connectivity index (χ3v) is 3.02. The first-order valence-electron chi connectivity index (χ1n) is 5.42. The molecule has 1 aliphatic rings. The molecular formula is C11H24N2. The first-order valence-corrected chi connectivity index (χ1v) is 5.42. The molecule has 0 amide bonds. The lowest BCUT2D eigenvalue weighted by Crippen LogP contribution is -2.41. The van der Waals surface area contributed by atoms with Crippen molar-refractivity contribution in [3.63, 3.8) is 0 Å². The lowest BCUT2D eigenvalue weighted by molar-refractivity contribution is 0.211. The van der Waals surface area contributed by atoms with Crippen LogP contribution in [0.4, 0.5) is 0 Å². The number of likely N-dealkylation sites (N-methyl/N-ethyl adjacent to an activating group) is 1. The summed E-state index contributed by atoms with van der Waals surface area (Å²) in [5, 5.41) is 0. The fourth-order valence-electron chi connectivity index (χ4n) is 1.83. The zero-order valence-corrected chi connectivity index (χ0v) is 9.51. The Morgan fingerprint density at radius 3 is 2.23 bits per heavy atom. The monoisotopic (exact) mass is 184 g/mol. The summed E-state index contributed by atoms with van der Waals surface area (Å²) >= 11 is 0. The fraction of sp³-hybridized carbons (Fsp3) is 1.00.